The average Bonchev–Trinajstić information content (AvgIpc) is 3.02. The number of aliphatic carboxylic acids is 1. The van der Waals surface area contributed by atoms with Crippen molar-refractivity contribution in [3.63, 3.8) is 0 Å². The van der Waals surface area contributed by atoms with Crippen LogP contribution in [0.25, 0.3) is 0 Å². The van der Waals surface area contributed by atoms with Gasteiger partial charge < -0.3 is 9.52 Å². The fraction of sp³-hybridized carbons (Fsp3) is 0.643. The quantitative estimate of drug-likeness (QED) is 0.735. The molecule has 8 heteroatoms. The van der Waals surface area contributed by atoms with E-state index in [4.69, 9.17) is 9.52 Å². The van der Waals surface area contributed by atoms with Crippen LogP contribution in [0.15, 0.2) is 27.9 Å². The summed E-state index contributed by atoms with van der Waals surface area (Å²) in [7, 11) is -3.54. The second-order valence-corrected chi connectivity index (χ2v) is 7.88. The molecule has 2 N–H and O–H groups in total. The Hall–Kier alpha value is -1.38. The third-order valence-corrected chi connectivity index (χ3v) is 5.78. The van der Waals surface area contributed by atoms with E-state index in [-0.39, 0.29) is 23.5 Å². The highest BCUT2D eigenvalue weighted by atomic mass is 32.2. The van der Waals surface area contributed by atoms with E-state index in [0.29, 0.717) is 18.8 Å². The minimum absolute atomic E-state index is 0.0301. The molecule has 2 aliphatic rings. The molecule has 2 saturated carbocycles. The summed E-state index contributed by atoms with van der Waals surface area (Å²) in [4.78, 5) is 13.1. The molecule has 3 rings (SSSR count). The summed E-state index contributed by atoms with van der Waals surface area (Å²) in [5.41, 5.74) is 0. The summed E-state index contributed by atoms with van der Waals surface area (Å²) in [6, 6.07) is 1.41. The van der Waals surface area contributed by atoms with Crippen molar-refractivity contribution < 1.29 is 22.7 Å². The highest BCUT2D eigenvalue weighted by Crippen LogP contribution is 2.34. The first-order chi connectivity index (χ1) is 10.4. The van der Waals surface area contributed by atoms with E-state index in [1.807, 2.05) is 4.90 Å². The lowest BCUT2D eigenvalue weighted by atomic mass is 9.86. The van der Waals surface area contributed by atoms with Gasteiger partial charge in [0.2, 0.25) is 10.0 Å². The molecule has 0 aliphatic heterocycles. The fourth-order valence-electron chi connectivity index (χ4n) is 2.82. The Morgan fingerprint density at radius 3 is 2.68 bits per heavy atom. The second-order valence-electron chi connectivity index (χ2n) is 6.17. The first-order valence-electron chi connectivity index (χ1n) is 7.44. The third-order valence-electron chi connectivity index (χ3n) is 4.28. The molecule has 0 radical (unpaired) electrons. The van der Waals surface area contributed by atoms with E-state index < -0.39 is 16.0 Å². The van der Waals surface area contributed by atoms with E-state index in [2.05, 4.69) is 4.72 Å². The summed E-state index contributed by atoms with van der Waals surface area (Å²) in [6.07, 6.45) is 6.15. The van der Waals surface area contributed by atoms with Crippen LogP contribution in [0, 0.1) is 5.92 Å². The zero-order valence-corrected chi connectivity index (χ0v) is 13.0. The molecule has 1 heterocycles. The lowest BCUT2D eigenvalue weighted by Gasteiger charge is -2.42. The van der Waals surface area contributed by atoms with Gasteiger partial charge in [-0.05, 0) is 37.7 Å². The van der Waals surface area contributed by atoms with Gasteiger partial charge in [0.1, 0.15) is 11.2 Å². The van der Waals surface area contributed by atoms with Gasteiger partial charge in [-0.25, -0.2) is 13.1 Å². The standard InChI is InChI=1S/C14H20N2O5S/c17-14(18)8-16(7-10-1-2-10)12-5-11(6-12)15-22(19,20)13-3-4-21-9-13/h3-4,9-12,15H,1-2,5-8H2,(H,17,18). The zero-order chi connectivity index (χ0) is 15.7. The lowest BCUT2D eigenvalue weighted by Crippen LogP contribution is -2.55. The van der Waals surface area contributed by atoms with Gasteiger partial charge in [0.05, 0.1) is 12.8 Å². The third kappa shape index (κ3) is 3.68. The Bertz CT molecular complexity index is 618. The molecule has 22 heavy (non-hydrogen) atoms. The van der Waals surface area contributed by atoms with Crippen LogP contribution in [0.2, 0.25) is 0 Å². The summed E-state index contributed by atoms with van der Waals surface area (Å²) in [5, 5.41) is 9.00. The van der Waals surface area contributed by atoms with Crippen molar-refractivity contribution in [3.8, 4) is 0 Å². The Kier molecular flexibility index (Phi) is 4.24. The molecule has 0 aromatic carbocycles. The number of rotatable bonds is 8. The normalized spacial score (nSPS) is 25.1. The zero-order valence-electron chi connectivity index (χ0n) is 12.1. The number of nitrogens with one attached hydrogen (secondary N) is 1. The van der Waals surface area contributed by atoms with Crippen LogP contribution in [0.3, 0.4) is 0 Å². The molecule has 1 aromatic heterocycles. The van der Waals surface area contributed by atoms with E-state index >= 15 is 0 Å². The number of carboxylic acids is 1. The number of carbonyl (C=O) groups is 1. The van der Waals surface area contributed by atoms with Crippen LogP contribution in [0.1, 0.15) is 25.7 Å². The number of sulfonamides is 1. The number of carboxylic acid groups (broad SMARTS) is 1. The molecular weight excluding hydrogens is 308 g/mol. The maximum absolute atomic E-state index is 12.1. The molecule has 0 bridgehead atoms. The van der Waals surface area contributed by atoms with Crippen LogP contribution in [0.4, 0.5) is 0 Å². The second kappa shape index (κ2) is 6.02. The summed E-state index contributed by atoms with van der Waals surface area (Å²) < 4.78 is 31.6. The van der Waals surface area contributed by atoms with Crippen LogP contribution in [-0.4, -0.2) is 49.6 Å². The van der Waals surface area contributed by atoms with Crippen molar-refractivity contribution in [1.82, 2.24) is 9.62 Å². The van der Waals surface area contributed by atoms with Crippen LogP contribution < -0.4 is 4.72 Å². The molecule has 122 valence electrons. The maximum atomic E-state index is 12.1. The molecular formula is C14H20N2O5S. The summed E-state index contributed by atoms with van der Waals surface area (Å²) in [5.74, 6) is -0.218. The first kappa shape index (κ1) is 15.5. The number of hydrogen-bond acceptors (Lipinski definition) is 5. The van der Waals surface area contributed by atoms with Gasteiger partial charge in [-0.15, -0.1) is 0 Å². The molecule has 1 aromatic rings. The Labute approximate surface area is 129 Å². The van der Waals surface area contributed by atoms with Gasteiger partial charge in [-0.1, -0.05) is 0 Å². The molecule has 0 spiro atoms. The van der Waals surface area contributed by atoms with Crippen LogP contribution >= 0.6 is 0 Å². The maximum Gasteiger partial charge on any atom is 0.317 e. The van der Waals surface area contributed by atoms with E-state index in [9.17, 15) is 13.2 Å². The molecule has 0 atom stereocenters. The molecule has 2 fully saturated rings. The summed E-state index contributed by atoms with van der Waals surface area (Å²) >= 11 is 0. The Balaban J connectivity index is 1.52. The summed E-state index contributed by atoms with van der Waals surface area (Å²) in [6.45, 7) is 0.834. The smallest absolute Gasteiger partial charge is 0.317 e. The predicted molar refractivity (Wildman–Crippen MR) is 77.8 cm³/mol. The van der Waals surface area contributed by atoms with Gasteiger partial charge in [0.25, 0.3) is 0 Å². The lowest BCUT2D eigenvalue weighted by molar-refractivity contribution is -0.139. The number of hydrogen-bond donors (Lipinski definition) is 2. The molecule has 0 unspecified atom stereocenters. The highest BCUT2D eigenvalue weighted by molar-refractivity contribution is 7.89. The largest absolute Gasteiger partial charge is 0.480 e. The average molecular weight is 328 g/mol. The number of nitrogens with zero attached hydrogens (tertiary/aromatic N) is 1. The van der Waals surface area contributed by atoms with Crippen molar-refractivity contribution in [3.05, 3.63) is 18.6 Å². The van der Waals surface area contributed by atoms with E-state index in [1.165, 1.54) is 31.4 Å². The van der Waals surface area contributed by atoms with Crippen molar-refractivity contribution >= 4 is 16.0 Å². The first-order valence-corrected chi connectivity index (χ1v) is 8.93. The van der Waals surface area contributed by atoms with Gasteiger partial charge in [-0.2, -0.15) is 0 Å². The van der Waals surface area contributed by atoms with Crippen molar-refractivity contribution in [2.75, 3.05) is 13.1 Å². The SMILES string of the molecule is O=C(O)CN(CC1CC1)C1CC(NS(=O)(=O)c2ccoc2)C1. The minimum Gasteiger partial charge on any atom is -0.480 e. The van der Waals surface area contributed by atoms with E-state index in [0.717, 1.165) is 6.54 Å². The topological polar surface area (TPSA) is 99.9 Å². The van der Waals surface area contributed by atoms with Crippen molar-refractivity contribution in [2.24, 2.45) is 5.92 Å². The molecule has 0 saturated heterocycles. The van der Waals surface area contributed by atoms with Gasteiger partial charge in [0, 0.05) is 18.6 Å². The molecule has 7 nitrogen and oxygen atoms in total. The number of furan rings is 1. The van der Waals surface area contributed by atoms with Gasteiger partial charge in [-0.3, -0.25) is 9.69 Å². The predicted octanol–water partition coefficient (Wildman–Crippen LogP) is 0.885. The van der Waals surface area contributed by atoms with Crippen molar-refractivity contribution in [2.45, 2.75) is 42.7 Å². The van der Waals surface area contributed by atoms with E-state index in [1.54, 1.807) is 0 Å². The fourth-order valence-corrected chi connectivity index (χ4v) is 4.01. The molecule has 0 amide bonds. The van der Waals surface area contributed by atoms with Gasteiger partial charge >= 0.3 is 5.97 Å². The minimum atomic E-state index is -3.54. The van der Waals surface area contributed by atoms with Crippen molar-refractivity contribution in [1.29, 1.82) is 0 Å². The van der Waals surface area contributed by atoms with Gasteiger partial charge in [0.15, 0.2) is 0 Å². The Morgan fingerprint density at radius 2 is 2.14 bits per heavy atom. The van der Waals surface area contributed by atoms with Crippen LogP contribution in [0.5, 0.6) is 0 Å². The molecule has 2 aliphatic carbocycles. The van der Waals surface area contributed by atoms with Crippen LogP contribution in [-0.2, 0) is 14.8 Å². The highest BCUT2D eigenvalue weighted by Gasteiger charge is 2.38. The monoisotopic (exact) mass is 328 g/mol. The Morgan fingerprint density at radius 1 is 1.41 bits per heavy atom.